The van der Waals surface area contributed by atoms with E-state index in [1.165, 1.54) is 0 Å². The standard InChI is InChI=1S/C27H34N2O4/c1-4-5-10-26(31)29(25(20(2)3)17-27(32)33-16-15-30)19-21-11-13-22(14-12-21)24-9-7-6-8-23(24)18-28/h6-9,11-14,20,25,30H,4-5,10,15-17,19H2,1-3H3. The Hall–Kier alpha value is -3.17. The number of amides is 1. The minimum atomic E-state index is -0.417. The van der Waals surface area contributed by atoms with Gasteiger partial charge >= 0.3 is 5.97 Å². The number of nitrogens with zero attached hydrogens (tertiary/aromatic N) is 2. The smallest absolute Gasteiger partial charge is 0.307 e. The lowest BCUT2D eigenvalue weighted by Crippen LogP contribution is -2.44. The van der Waals surface area contributed by atoms with Crippen LogP contribution in [-0.4, -0.2) is 41.1 Å². The van der Waals surface area contributed by atoms with Gasteiger partial charge < -0.3 is 14.7 Å². The number of rotatable bonds is 12. The van der Waals surface area contributed by atoms with Crippen LogP contribution in [-0.2, 0) is 20.9 Å². The minimum Gasteiger partial charge on any atom is -0.463 e. The fraction of sp³-hybridized carbons (Fsp3) is 0.444. The summed E-state index contributed by atoms with van der Waals surface area (Å²) in [7, 11) is 0. The van der Waals surface area contributed by atoms with Crippen molar-refractivity contribution in [2.45, 2.75) is 59.0 Å². The third-order valence-electron chi connectivity index (χ3n) is 5.63. The molecule has 2 aromatic rings. The number of aliphatic hydroxyl groups is 1. The highest BCUT2D eigenvalue weighted by Crippen LogP contribution is 2.25. The average Bonchev–Trinajstić information content (AvgIpc) is 2.83. The first-order valence-corrected chi connectivity index (χ1v) is 11.6. The zero-order chi connectivity index (χ0) is 24.2. The van der Waals surface area contributed by atoms with Gasteiger partial charge in [0.15, 0.2) is 0 Å². The maximum atomic E-state index is 13.1. The molecule has 176 valence electrons. The molecule has 2 rings (SSSR count). The van der Waals surface area contributed by atoms with Gasteiger partial charge in [0.05, 0.1) is 24.7 Å². The van der Waals surface area contributed by atoms with Gasteiger partial charge in [-0.3, -0.25) is 9.59 Å². The number of unbranched alkanes of at least 4 members (excludes halogenated alkanes) is 1. The van der Waals surface area contributed by atoms with Gasteiger partial charge in [0.25, 0.3) is 0 Å². The number of aliphatic hydroxyl groups excluding tert-OH is 1. The molecule has 0 saturated heterocycles. The molecule has 33 heavy (non-hydrogen) atoms. The average molecular weight is 451 g/mol. The number of carbonyl (C=O) groups excluding carboxylic acids is 2. The molecule has 6 heteroatoms. The third kappa shape index (κ3) is 7.73. The van der Waals surface area contributed by atoms with E-state index in [1.807, 2.05) is 63.2 Å². The molecule has 0 fully saturated rings. The Bertz CT molecular complexity index is 947. The number of benzene rings is 2. The molecule has 1 amide bonds. The van der Waals surface area contributed by atoms with E-state index in [2.05, 4.69) is 6.07 Å². The summed E-state index contributed by atoms with van der Waals surface area (Å²) < 4.78 is 5.07. The first-order valence-electron chi connectivity index (χ1n) is 11.6. The molecule has 0 aliphatic carbocycles. The fourth-order valence-corrected chi connectivity index (χ4v) is 3.78. The summed E-state index contributed by atoms with van der Waals surface area (Å²) in [5.74, 6) is -0.344. The lowest BCUT2D eigenvalue weighted by molar-refractivity contribution is -0.148. The quantitative estimate of drug-likeness (QED) is 0.474. The first kappa shape index (κ1) is 26.1. The second-order valence-electron chi connectivity index (χ2n) is 8.44. The summed E-state index contributed by atoms with van der Waals surface area (Å²) in [6, 6.07) is 17.2. The van der Waals surface area contributed by atoms with Crippen LogP contribution in [0.5, 0.6) is 0 Å². The van der Waals surface area contributed by atoms with Crippen LogP contribution >= 0.6 is 0 Å². The molecule has 2 aromatic carbocycles. The van der Waals surface area contributed by atoms with Crippen molar-refractivity contribution < 1.29 is 19.4 Å². The van der Waals surface area contributed by atoms with Crippen LogP contribution in [0.2, 0.25) is 0 Å². The summed E-state index contributed by atoms with van der Waals surface area (Å²) in [6.45, 7) is 6.15. The molecule has 0 aliphatic heterocycles. The summed E-state index contributed by atoms with van der Waals surface area (Å²) in [6.07, 6.45) is 2.22. The van der Waals surface area contributed by atoms with Crippen molar-refractivity contribution in [3.8, 4) is 17.2 Å². The molecule has 0 radical (unpaired) electrons. The molecule has 0 aliphatic rings. The Morgan fingerprint density at radius 1 is 1.12 bits per heavy atom. The topological polar surface area (TPSA) is 90.6 Å². The largest absolute Gasteiger partial charge is 0.463 e. The number of ether oxygens (including phenoxy) is 1. The highest BCUT2D eigenvalue weighted by atomic mass is 16.5. The molecule has 1 N–H and O–H groups in total. The summed E-state index contributed by atoms with van der Waals surface area (Å²) in [5.41, 5.74) is 3.37. The van der Waals surface area contributed by atoms with Crippen molar-refractivity contribution in [2.75, 3.05) is 13.2 Å². The molecule has 0 heterocycles. The van der Waals surface area contributed by atoms with Crippen molar-refractivity contribution in [1.82, 2.24) is 4.90 Å². The van der Waals surface area contributed by atoms with Gasteiger partial charge in [-0.1, -0.05) is 69.7 Å². The summed E-state index contributed by atoms with van der Waals surface area (Å²) in [4.78, 5) is 27.2. The van der Waals surface area contributed by atoms with Crippen molar-refractivity contribution in [2.24, 2.45) is 5.92 Å². The van der Waals surface area contributed by atoms with E-state index in [0.717, 1.165) is 29.5 Å². The molecule has 0 aromatic heterocycles. The van der Waals surface area contributed by atoms with Crippen molar-refractivity contribution in [1.29, 1.82) is 5.26 Å². The van der Waals surface area contributed by atoms with E-state index >= 15 is 0 Å². The zero-order valence-corrected chi connectivity index (χ0v) is 19.8. The molecule has 6 nitrogen and oxygen atoms in total. The normalized spacial score (nSPS) is 11.6. The number of esters is 1. The molecular formula is C27H34N2O4. The molecule has 1 atom stereocenters. The van der Waals surface area contributed by atoms with Gasteiger partial charge in [0, 0.05) is 19.0 Å². The minimum absolute atomic E-state index is 0.0180. The second kappa shape index (κ2) is 13.4. The van der Waals surface area contributed by atoms with Crippen LogP contribution in [0.25, 0.3) is 11.1 Å². The van der Waals surface area contributed by atoms with Gasteiger partial charge in [-0.25, -0.2) is 0 Å². The van der Waals surface area contributed by atoms with Crippen LogP contribution in [0.3, 0.4) is 0 Å². The molecule has 0 bridgehead atoms. The summed E-state index contributed by atoms with van der Waals surface area (Å²) >= 11 is 0. The summed E-state index contributed by atoms with van der Waals surface area (Å²) in [5, 5.41) is 18.3. The van der Waals surface area contributed by atoms with Crippen LogP contribution in [0.4, 0.5) is 0 Å². The van der Waals surface area contributed by atoms with Gasteiger partial charge in [-0.15, -0.1) is 0 Å². The Kier molecular flexibility index (Phi) is 10.6. The molecular weight excluding hydrogens is 416 g/mol. The van der Waals surface area contributed by atoms with Gasteiger partial charge in [-0.05, 0) is 35.1 Å². The zero-order valence-electron chi connectivity index (χ0n) is 19.8. The second-order valence-corrected chi connectivity index (χ2v) is 8.44. The van der Waals surface area contributed by atoms with Crippen LogP contribution < -0.4 is 0 Å². The SMILES string of the molecule is CCCCC(=O)N(Cc1ccc(-c2ccccc2C#N)cc1)C(CC(=O)OCCO)C(C)C. The van der Waals surface area contributed by atoms with E-state index in [4.69, 9.17) is 9.84 Å². The number of nitriles is 1. The number of hydrogen-bond acceptors (Lipinski definition) is 5. The predicted octanol–water partition coefficient (Wildman–Crippen LogP) is 4.69. The van der Waals surface area contributed by atoms with Gasteiger partial charge in [0.2, 0.25) is 5.91 Å². The number of carbonyl (C=O) groups is 2. The Balaban J connectivity index is 2.27. The van der Waals surface area contributed by atoms with Crippen molar-refractivity contribution >= 4 is 11.9 Å². The number of hydrogen-bond donors (Lipinski definition) is 1. The maximum Gasteiger partial charge on any atom is 0.307 e. The van der Waals surface area contributed by atoms with E-state index in [9.17, 15) is 14.9 Å². The highest BCUT2D eigenvalue weighted by Gasteiger charge is 2.29. The van der Waals surface area contributed by atoms with Gasteiger partial charge in [-0.2, -0.15) is 5.26 Å². The van der Waals surface area contributed by atoms with Crippen molar-refractivity contribution in [3.05, 3.63) is 59.7 Å². The van der Waals surface area contributed by atoms with E-state index in [1.54, 1.807) is 11.0 Å². The van der Waals surface area contributed by atoms with E-state index < -0.39 is 5.97 Å². The van der Waals surface area contributed by atoms with Crippen LogP contribution in [0.15, 0.2) is 48.5 Å². The van der Waals surface area contributed by atoms with Crippen LogP contribution in [0, 0.1) is 17.2 Å². The Labute approximate surface area is 196 Å². The predicted molar refractivity (Wildman–Crippen MR) is 128 cm³/mol. The lowest BCUT2D eigenvalue weighted by Gasteiger charge is -2.34. The molecule has 1 unspecified atom stereocenters. The first-order chi connectivity index (χ1) is 15.9. The van der Waals surface area contributed by atoms with E-state index in [0.29, 0.717) is 18.5 Å². The monoisotopic (exact) mass is 450 g/mol. The van der Waals surface area contributed by atoms with Gasteiger partial charge in [0.1, 0.15) is 6.61 Å². The molecule has 0 spiro atoms. The lowest BCUT2D eigenvalue weighted by atomic mass is 9.96. The Morgan fingerprint density at radius 2 is 1.82 bits per heavy atom. The fourth-order valence-electron chi connectivity index (χ4n) is 3.78. The maximum absolute atomic E-state index is 13.1. The van der Waals surface area contributed by atoms with E-state index in [-0.39, 0.29) is 37.5 Å². The molecule has 0 saturated carbocycles. The highest BCUT2D eigenvalue weighted by molar-refractivity contribution is 5.78. The van der Waals surface area contributed by atoms with Crippen molar-refractivity contribution in [3.63, 3.8) is 0 Å². The third-order valence-corrected chi connectivity index (χ3v) is 5.63. The van der Waals surface area contributed by atoms with Crippen LogP contribution in [0.1, 0.15) is 57.6 Å². The Morgan fingerprint density at radius 3 is 2.42 bits per heavy atom.